The number of nitriles is 1. The second-order valence-corrected chi connectivity index (χ2v) is 5.47. The van der Waals surface area contributed by atoms with Gasteiger partial charge in [0.1, 0.15) is 11.7 Å². The minimum absolute atomic E-state index is 0.198. The van der Waals surface area contributed by atoms with Crippen LogP contribution in [0.5, 0.6) is 5.75 Å². The van der Waals surface area contributed by atoms with Crippen LogP contribution in [-0.2, 0) is 11.8 Å². The Morgan fingerprint density at radius 2 is 2.17 bits per heavy atom. The summed E-state index contributed by atoms with van der Waals surface area (Å²) in [5.74, 6) is 0.174. The van der Waals surface area contributed by atoms with E-state index >= 15 is 0 Å². The highest BCUT2D eigenvalue weighted by Crippen LogP contribution is 2.23. The second-order valence-electron chi connectivity index (χ2n) is 5.06. The molecule has 0 saturated carbocycles. The summed E-state index contributed by atoms with van der Waals surface area (Å²) in [5.41, 5.74) is 2.10. The Labute approximate surface area is 139 Å². The van der Waals surface area contributed by atoms with Crippen LogP contribution in [0.1, 0.15) is 23.0 Å². The molecular formula is C16H17ClN4O2. The van der Waals surface area contributed by atoms with Gasteiger partial charge in [-0.15, -0.1) is 0 Å². The number of hydrogen-bond acceptors (Lipinski definition) is 4. The van der Waals surface area contributed by atoms with Crippen molar-refractivity contribution in [1.82, 2.24) is 15.1 Å². The van der Waals surface area contributed by atoms with Crippen molar-refractivity contribution in [3.8, 4) is 11.8 Å². The average Bonchev–Trinajstić information content (AvgIpc) is 2.76. The number of carbonyl (C=O) groups is 1. The highest BCUT2D eigenvalue weighted by Gasteiger charge is 2.18. The Morgan fingerprint density at radius 1 is 1.48 bits per heavy atom. The minimum Gasteiger partial charge on any atom is -0.480 e. The van der Waals surface area contributed by atoms with Gasteiger partial charge in [0.2, 0.25) is 0 Å². The SMILES string of the molecule is Cc1nn(C)c(C)c1OCC(=O)N[C@H](C#N)c1ccccc1Cl. The molecule has 1 aromatic carbocycles. The van der Waals surface area contributed by atoms with E-state index in [4.69, 9.17) is 16.3 Å². The molecule has 0 aliphatic rings. The number of aromatic nitrogens is 2. The third-order valence-corrected chi connectivity index (χ3v) is 3.79. The van der Waals surface area contributed by atoms with Gasteiger partial charge >= 0.3 is 0 Å². The van der Waals surface area contributed by atoms with Gasteiger partial charge in [0.05, 0.1) is 11.8 Å². The smallest absolute Gasteiger partial charge is 0.259 e. The van der Waals surface area contributed by atoms with E-state index in [1.807, 2.05) is 19.9 Å². The Morgan fingerprint density at radius 3 is 2.74 bits per heavy atom. The predicted octanol–water partition coefficient (Wildman–Crippen LogP) is 2.45. The first-order chi connectivity index (χ1) is 10.9. The van der Waals surface area contributed by atoms with E-state index in [0.717, 1.165) is 5.69 Å². The number of rotatable bonds is 5. The van der Waals surface area contributed by atoms with Crippen LogP contribution in [0.25, 0.3) is 0 Å². The lowest BCUT2D eigenvalue weighted by Gasteiger charge is -2.14. The number of halogens is 1. The lowest BCUT2D eigenvalue weighted by molar-refractivity contribution is -0.123. The zero-order valence-corrected chi connectivity index (χ0v) is 13.9. The molecule has 0 unspecified atom stereocenters. The lowest BCUT2D eigenvalue weighted by atomic mass is 10.1. The fourth-order valence-corrected chi connectivity index (χ4v) is 2.44. The molecule has 1 amide bonds. The molecule has 2 rings (SSSR count). The maximum absolute atomic E-state index is 12.0. The molecule has 6 nitrogen and oxygen atoms in total. The number of hydrogen-bond donors (Lipinski definition) is 1. The van der Waals surface area contributed by atoms with E-state index < -0.39 is 11.9 Å². The summed E-state index contributed by atoms with van der Waals surface area (Å²) in [6.07, 6.45) is 0. The summed E-state index contributed by atoms with van der Waals surface area (Å²) in [6, 6.07) is 8.10. The van der Waals surface area contributed by atoms with Crippen LogP contribution >= 0.6 is 11.6 Å². The molecule has 1 heterocycles. The van der Waals surface area contributed by atoms with Crippen molar-refractivity contribution in [2.45, 2.75) is 19.9 Å². The molecule has 0 spiro atoms. The van der Waals surface area contributed by atoms with Gasteiger partial charge in [-0.2, -0.15) is 10.4 Å². The fraction of sp³-hybridized carbons (Fsp3) is 0.312. The standard InChI is InChI=1S/C16H17ClN4O2/c1-10-16(11(2)21(3)20-10)23-9-15(22)19-14(8-18)12-6-4-5-7-13(12)17/h4-7,14H,9H2,1-3H3,(H,19,22)/t14-/m1/s1. The molecule has 1 atom stereocenters. The Balaban J connectivity index is 2.01. The third-order valence-electron chi connectivity index (χ3n) is 3.44. The average molecular weight is 333 g/mol. The topological polar surface area (TPSA) is 79.9 Å². The first-order valence-electron chi connectivity index (χ1n) is 7.00. The van der Waals surface area contributed by atoms with Crippen LogP contribution in [0.15, 0.2) is 24.3 Å². The van der Waals surface area contributed by atoms with Crippen molar-refractivity contribution in [3.63, 3.8) is 0 Å². The summed E-state index contributed by atoms with van der Waals surface area (Å²) in [5, 5.41) is 16.5. The normalized spacial score (nSPS) is 11.6. The first-order valence-corrected chi connectivity index (χ1v) is 7.38. The van der Waals surface area contributed by atoms with Crippen LogP contribution in [0.2, 0.25) is 5.02 Å². The maximum atomic E-state index is 12.0. The Kier molecular flexibility index (Phi) is 5.24. The van der Waals surface area contributed by atoms with Gasteiger partial charge in [-0.3, -0.25) is 9.48 Å². The molecule has 0 fully saturated rings. The summed E-state index contributed by atoms with van der Waals surface area (Å²) >= 11 is 6.05. The molecule has 1 N–H and O–H groups in total. The van der Waals surface area contributed by atoms with Gasteiger partial charge in [-0.1, -0.05) is 29.8 Å². The fourth-order valence-electron chi connectivity index (χ4n) is 2.19. The summed E-state index contributed by atoms with van der Waals surface area (Å²) in [7, 11) is 1.80. The molecule has 7 heteroatoms. The zero-order valence-electron chi connectivity index (χ0n) is 13.1. The van der Waals surface area contributed by atoms with E-state index in [0.29, 0.717) is 22.0 Å². The van der Waals surface area contributed by atoms with Crippen molar-refractivity contribution in [2.24, 2.45) is 7.05 Å². The third kappa shape index (κ3) is 3.82. The number of benzene rings is 1. The maximum Gasteiger partial charge on any atom is 0.259 e. The summed E-state index contributed by atoms with van der Waals surface area (Å²) in [6.45, 7) is 3.47. The van der Waals surface area contributed by atoms with E-state index in [-0.39, 0.29) is 6.61 Å². The molecular weight excluding hydrogens is 316 g/mol. The number of nitrogens with one attached hydrogen (secondary N) is 1. The summed E-state index contributed by atoms with van der Waals surface area (Å²) in [4.78, 5) is 12.0. The van der Waals surface area contributed by atoms with Crippen molar-refractivity contribution < 1.29 is 9.53 Å². The number of aryl methyl sites for hydroxylation is 2. The highest BCUT2D eigenvalue weighted by molar-refractivity contribution is 6.31. The Bertz CT molecular complexity index is 764. The molecule has 0 aliphatic carbocycles. The van der Waals surface area contributed by atoms with E-state index in [2.05, 4.69) is 10.4 Å². The van der Waals surface area contributed by atoms with E-state index in [1.54, 1.807) is 36.0 Å². The monoisotopic (exact) mass is 332 g/mol. The first kappa shape index (κ1) is 16.8. The molecule has 120 valence electrons. The minimum atomic E-state index is -0.823. The van der Waals surface area contributed by atoms with Crippen molar-refractivity contribution in [1.29, 1.82) is 5.26 Å². The van der Waals surface area contributed by atoms with Crippen LogP contribution in [0.3, 0.4) is 0 Å². The van der Waals surface area contributed by atoms with Crippen LogP contribution < -0.4 is 10.1 Å². The van der Waals surface area contributed by atoms with Crippen molar-refractivity contribution in [2.75, 3.05) is 6.61 Å². The molecule has 0 aliphatic heterocycles. The van der Waals surface area contributed by atoms with Gasteiger partial charge in [0.15, 0.2) is 12.4 Å². The quantitative estimate of drug-likeness (QED) is 0.912. The van der Waals surface area contributed by atoms with Crippen LogP contribution in [0.4, 0.5) is 0 Å². The lowest BCUT2D eigenvalue weighted by Crippen LogP contribution is -2.32. The van der Waals surface area contributed by atoms with Crippen molar-refractivity contribution >= 4 is 17.5 Å². The van der Waals surface area contributed by atoms with Crippen molar-refractivity contribution in [3.05, 3.63) is 46.2 Å². The predicted molar refractivity (Wildman–Crippen MR) is 86.1 cm³/mol. The van der Waals surface area contributed by atoms with Crippen LogP contribution in [0, 0.1) is 25.2 Å². The highest BCUT2D eigenvalue weighted by atomic mass is 35.5. The molecule has 23 heavy (non-hydrogen) atoms. The van der Waals surface area contributed by atoms with Gasteiger partial charge in [-0.05, 0) is 19.9 Å². The second kappa shape index (κ2) is 7.16. The molecule has 0 saturated heterocycles. The molecule has 0 radical (unpaired) electrons. The molecule has 0 bridgehead atoms. The van der Waals surface area contributed by atoms with Gasteiger partial charge in [0, 0.05) is 17.6 Å². The zero-order chi connectivity index (χ0) is 17.0. The molecule has 1 aromatic heterocycles. The largest absolute Gasteiger partial charge is 0.480 e. The molecule has 2 aromatic rings. The van der Waals surface area contributed by atoms with Gasteiger partial charge in [0.25, 0.3) is 5.91 Å². The van der Waals surface area contributed by atoms with Gasteiger partial charge < -0.3 is 10.1 Å². The Hall–Kier alpha value is -2.52. The van der Waals surface area contributed by atoms with E-state index in [1.165, 1.54) is 0 Å². The van der Waals surface area contributed by atoms with Crippen LogP contribution in [-0.4, -0.2) is 22.3 Å². The number of ether oxygens (including phenoxy) is 1. The number of amides is 1. The number of nitrogens with zero attached hydrogens (tertiary/aromatic N) is 3. The summed E-state index contributed by atoms with van der Waals surface area (Å²) < 4.78 is 7.21. The van der Waals surface area contributed by atoms with E-state index in [9.17, 15) is 10.1 Å². The number of carbonyl (C=O) groups excluding carboxylic acids is 1. The van der Waals surface area contributed by atoms with Gasteiger partial charge in [-0.25, -0.2) is 0 Å².